The number of aromatic amines is 1. The molecule has 0 aliphatic carbocycles. The van der Waals surface area contributed by atoms with Gasteiger partial charge in [0.25, 0.3) is 0 Å². The van der Waals surface area contributed by atoms with Gasteiger partial charge in [0.2, 0.25) is 5.91 Å². The van der Waals surface area contributed by atoms with E-state index in [9.17, 15) is 9.18 Å². The largest absolute Gasteiger partial charge is 0.342 e. The maximum absolute atomic E-state index is 13.8. The van der Waals surface area contributed by atoms with Gasteiger partial charge in [0.1, 0.15) is 11.6 Å². The van der Waals surface area contributed by atoms with Crippen molar-refractivity contribution in [2.45, 2.75) is 13.3 Å². The fraction of sp³-hybridized carbons (Fsp3) is 0.100. The van der Waals surface area contributed by atoms with Gasteiger partial charge in [-0.1, -0.05) is 36.4 Å². The molecule has 0 radical (unpaired) electrons. The minimum atomic E-state index is -0.246. The number of halogens is 1. The van der Waals surface area contributed by atoms with Crippen molar-refractivity contribution in [1.29, 1.82) is 0 Å². The van der Waals surface area contributed by atoms with Crippen LogP contribution in [0.25, 0.3) is 11.0 Å². The summed E-state index contributed by atoms with van der Waals surface area (Å²) in [4.78, 5) is 19.5. The second kappa shape index (κ2) is 7.57. The van der Waals surface area contributed by atoms with Crippen LogP contribution in [0, 0.1) is 5.82 Å². The Hall–Kier alpha value is -3.21. The summed E-state index contributed by atoms with van der Waals surface area (Å²) in [6.45, 7) is 1.88. The van der Waals surface area contributed by atoms with E-state index in [2.05, 4.69) is 15.3 Å². The van der Waals surface area contributed by atoms with Crippen LogP contribution in [-0.2, 0) is 11.2 Å². The summed E-state index contributed by atoms with van der Waals surface area (Å²) in [5, 5.41) is 2.79. The molecule has 0 spiro atoms. The van der Waals surface area contributed by atoms with E-state index in [-0.39, 0.29) is 11.7 Å². The number of nitrogens with zero attached hydrogens (tertiary/aromatic N) is 1. The van der Waals surface area contributed by atoms with Gasteiger partial charge in [-0.3, -0.25) is 4.79 Å². The molecule has 126 valence electrons. The van der Waals surface area contributed by atoms with E-state index in [1.165, 1.54) is 12.1 Å². The molecule has 0 unspecified atom stereocenters. The second-order valence-corrected chi connectivity index (χ2v) is 5.56. The summed E-state index contributed by atoms with van der Waals surface area (Å²) in [6, 6.07) is 12.1. The van der Waals surface area contributed by atoms with Gasteiger partial charge in [-0.2, -0.15) is 0 Å². The van der Waals surface area contributed by atoms with E-state index in [0.29, 0.717) is 23.5 Å². The lowest BCUT2D eigenvalue weighted by molar-refractivity contribution is -0.111. The molecule has 25 heavy (non-hydrogen) atoms. The number of hydrogen-bond acceptors (Lipinski definition) is 2. The molecule has 1 amide bonds. The third-order valence-electron chi connectivity index (χ3n) is 3.67. The van der Waals surface area contributed by atoms with Gasteiger partial charge in [0.15, 0.2) is 0 Å². The van der Waals surface area contributed by atoms with E-state index in [0.717, 1.165) is 11.0 Å². The van der Waals surface area contributed by atoms with Gasteiger partial charge >= 0.3 is 0 Å². The molecule has 0 aliphatic rings. The van der Waals surface area contributed by atoms with Crippen LogP contribution in [0.2, 0.25) is 0 Å². The zero-order valence-electron chi connectivity index (χ0n) is 13.8. The van der Waals surface area contributed by atoms with Crippen LogP contribution >= 0.6 is 0 Å². The van der Waals surface area contributed by atoms with Crippen molar-refractivity contribution in [1.82, 2.24) is 9.97 Å². The number of carbonyl (C=O) groups excluding carboxylic acids is 1. The van der Waals surface area contributed by atoms with Gasteiger partial charge in [-0.15, -0.1) is 0 Å². The van der Waals surface area contributed by atoms with Crippen LogP contribution in [0.3, 0.4) is 0 Å². The molecule has 1 aromatic heterocycles. The number of hydrogen-bond donors (Lipinski definition) is 2. The minimum absolute atomic E-state index is 0.205. The van der Waals surface area contributed by atoms with E-state index in [4.69, 9.17) is 0 Å². The van der Waals surface area contributed by atoms with Gasteiger partial charge in [-0.05, 0) is 36.8 Å². The average Bonchev–Trinajstić information content (AvgIpc) is 2.99. The molecular formula is C20H18FN3O. The second-order valence-electron chi connectivity index (χ2n) is 5.56. The lowest BCUT2D eigenvalue weighted by Crippen LogP contribution is -2.07. The molecule has 0 atom stereocenters. The molecule has 0 bridgehead atoms. The Morgan fingerprint density at radius 1 is 1.24 bits per heavy atom. The normalized spacial score (nSPS) is 11.6. The number of anilines is 1. The maximum atomic E-state index is 13.8. The van der Waals surface area contributed by atoms with Crippen molar-refractivity contribution in [2.75, 3.05) is 5.32 Å². The summed E-state index contributed by atoms with van der Waals surface area (Å²) in [5.41, 5.74) is 2.82. The van der Waals surface area contributed by atoms with Crippen LogP contribution in [0.15, 0.2) is 66.8 Å². The third kappa shape index (κ3) is 4.20. The molecule has 1 heterocycles. The molecule has 5 heteroatoms. The zero-order chi connectivity index (χ0) is 17.6. The molecular weight excluding hydrogens is 317 g/mol. The number of amides is 1. The van der Waals surface area contributed by atoms with Crippen molar-refractivity contribution < 1.29 is 9.18 Å². The van der Waals surface area contributed by atoms with Gasteiger partial charge in [-0.25, -0.2) is 9.37 Å². The van der Waals surface area contributed by atoms with Crippen molar-refractivity contribution >= 4 is 22.6 Å². The smallest absolute Gasteiger partial charge is 0.248 e. The Morgan fingerprint density at radius 3 is 2.88 bits per heavy atom. The predicted octanol–water partition coefficient (Wildman–Crippen LogP) is 4.36. The minimum Gasteiger partial charge on any atom is -0.342 e. The van der Waals surface area contributed by atoms with E-state index in [1.807, 2.05) is 25.1 Å². The first-order valence-corrected chi connectivity index (χ1v) is 7.98. The van der Waals surface area contributed by atoms with Crippen molar-refractivity contribution in [3.05, 3.63) is 84.0 Å². The number of rotatable bonds is 5. The Balaban J connectivity index is 1.77. The Bertz CT molecular complexity index is 956. The van der Waals surface area contributed by atoms with Crippen molar-refractivity contribution in [2.24, 2.45) is 0 Å². The number of allylic oxidation sites excluding steroid dienone is 3. The Kier molecular flexibility index (Phi) is 5.04. The van der Waals surface area contributed by atoms with Gasteiger partial charge in [0.05, 0.1) is 11.0 Å². The fourth-order valence-electron chi connectivity index (χ4n) is 2.48. The quantitative estimate of drug-likeness (QED) is 0.537. The average molecular weight is 335 g/mol. The van der Waals surface area contributed by atoms with Crippen molar-refractivity contribution in [3.63, 3.8) is 0 Å². The summed E-state index contributed by atoms with van der Waals surface area (Å²) in [5.74, 6) is 0.226. The SMILES string of the molecule is CC=CC=CC(=O)Nc1ccc2nc(Cc3ccccc3F)[nH]c2c1. The number of aromatic nitrogens is 2. The van der Waals surface area contributed by atoms with E-state index < -0.39 is 0 Å². The number of nitrogens with one attached hydrogen (secondary N) is 2. The molecule has 0 aliphatic heterocycles. The maximum Gasteiger partial charge on any atom is 0.248 e. The zero-order valence-corrected chi connectivity index (χ0v) is 13.8. The monoisotopic (exact) mass is 335 g/mol. The highest BCUT2D eigenvalue weighted by Gasteiger charge is 2.08. The Labute approximate surface area is 145 Å². The number of fused-ring (bicyclic) bond motifs is 1. The molecule has 0 saturated carbocycles. The van der Waals surface area contributed by atoms with Gasteiger partial charge in [0, 0.05) is 18.2 Å². The van der Waals surface area contributed by atoms with Crippen LogP contribution in [-0.4, -0.2) is 15.9 Å². The molecule has 2 aromatic carbocycles. The number of carbonyl (C=O) groups is 1. The molecule has 2 N–H and O–H groups in total. The lowest BCUT2D eigenvalue weighted by atomic mass is 10.1. The van der Waals surface area contributed by atoms with Crippen molar-refractivity contribution in [3.8, 4) is 0 Å². The highest BCUT2D eigenvalue weighted by Crippen LogP contribution is 2.19. The topological polar surface area (TPSA) is 57.8 Å². The van der Waals surface area contributed by atoms with Crippen LogP contribution in [0.5, 0.6) is 0 Å². The predicted molar refractivity (Wildman–Crippen MR) is 97.9 cm³/mol. The lowest BCUT2D eigenvalue weighted by Gasteiger charge is -2.01. The van der Waals surface area contributed by atoms with Gasteiger partial charge < -0.3 is 10.3 Å². The first kappa shape index (κ1) is 16.6. The summed E-state index contributed by atoms with van der Waals surface area (Å²) >= 11 is 0. The number of imidazole rings is 1. The highest BCUT2D eigenvalue weighted by atomic mass is 19.1. The summed E-state index contributed by atoms with van der Waals surface area (Å²) in [7, 11) is 0. The van der Waals surface area contributed by atoms with E-state index >= 15 is 0 Å². The molecule has 4 nitrogen and oxygen atoms in total. The highest BCUT2D eigenvalue weighted by molar-refractivity contribution is 6.00. The Morgan fingerprint density at radius 2 is 2.08 bits per heavy atom. The van der Waals surface area contributed by atoms with E-state index in [1.54, 1.807) is 36.4 Å². The molecule has 3 aromatic rings. The number of benzene rings is 2. The standard InChI is InChI=1S/C20H18FN3O/c1-2-3-4-9-20(25)22-15-10-11-17-18(13-15)24-19(23-17)12-14-7-5-6-8-16(14)21/h2-11,13H,12H2,1H3,(H,22,25)(H,23,24). The van der Waals surface area contributed by atoms with Crippen LogP contribution in [0.1, 0.15) is 18.3 Å². The first-order valence-electron chi connectivity index (χ1n) is 7.98. The third-order valence-corrected chi connectivity index (χ3v) is 3.67. The van der Waals surface area contributed by atoms with Crippen LogP contribution in [0.4, 0.5) is 10.1 Å². The van der Waals surface area contributed by atoms with Crippen LogP contribution < -0.4 is 5.32 Å². The summed E-state index contributed by atoms with van der Waals surface area (Å²) < 4.78 is 13.8. The molecule has 0 fully saturated rings. The fourth-order valence-corrected chi connectivity index (χ4v) is 2.48. The molecule has 0 saturated heterocycles. The number of H-pyrrole nitrogens is 1. The summed E-state index contributed by atoms with van der Waals surface area (Å²) in [6.07, 6.45) is 7.15. The molecule has 3 rings (SSSR count). The first-order chi connectivity index (χ1) is 12.2.